The van der Waals surface area contributed by atoms with Gasteiger partial charge in [-0.2, -0.15) is 0 Å². The van der Waals surface area contributed by atoms with Gasteiger partial charge in [0.05, 0.1) is 17.2 Å². The van der Waals surface area contributed by atoms with E-state index >= 15 is 0 Å². The molecule has 45 heavy (non-hydrogen) atoms. The van der Waals surface area contributed by atoms with Gasteiger partial charge < -0.3 is 15.0 Å². The molecule has 1 unspecified atom stereocenters. The summed E-state index contributed by atoms with van der Waals surface area (Å²) in [6, 6.07) is 17.9. The fourth-order valence-corrected chi connectivity index (χ4v) is 7.35. The van der Waals surface area contributed by atoms with Crippen LogP contribution in [0.1, 0.15) is 57.9 Å². The summed E-state index contributed by atoms with van der Waals surface area (Å²) in [5.41, 5.74) is 0.902. The van der Waals surface area contributed by atoms with Crippen LogP contribution in [0.2, 0.25) is 0 Å². The monoisotopic (exact) mass is 655 g/mol. The predicted octanol–water partition coefficient (Wildman–Crippen LogP) is 6.40. The van der Waals surface area contributed by atoms with Crippen molar-refractivity contribution in [2.75, 3.05) is 23.7 Å². The Balaban J connectivity index is 1.70. The van der Waals surface area contributed by atoms with Gasteiger partial charge in [0.1, 0.15) is 24.2 Å². The number of amides is 2. The van der Waals surface area contributed by atoms with Crippen molar-refractivity contribution in [2.24, 2.45) is 0 Å². The fraction of sp³-hybridized carbons (Fsp3) is 0.412. The summed E-state index contributed by atoms with van der Waals surface area (Å²) in [4.78, 5) is 30.3. The van der Waals surface area contributed by atoms with Gasteiger partial charge in [-0.15, -0.1) is 11.8 Å². The first-order valence-corrected chi connectivity index (χ1v) is 18.1. The van der Waals surface area contributed by atoms with Crippen LogP contribution in [0.4, 0.5) is 10.1 Å². The highest BCUT2D eigenvalue weighted by molar-refractivity contribution is 7.98. The Bertz CT molecular complexity index is 1510. The Morgan fingerprint density at radius 2 is 1.60 bits per heavy atom. The Morgan fingerprint density at radius 3 is 2.18 bits per heavy atom. The second kappa shape index (κ2) is 16.1. The van der Waals surface area contributed by atoms with Crippen LogP contribution < -0.4 is 14.4 Å². The van der Waals surface area contributed by atoms with E-state index in [1.807, 2.05) is 20.1 Å². The van der Waals surface area contributed by atoms with Crippen LogP contribution in [-0.2, 0) is 26.2 Å². The number of thioether (sulfide) groups is 1. The first-order chi connectivity index (χ1) is 21.7. The molecule has 3 aromatic carbocycles. The van der Waals surface area contributed by atoms with Gasteiger partial charge in [0, 0.05) is 17.5 Å². The number of nitrogens with zero attached hydrogens (tertiary/aromatic N) is 2. The van der Waals surface area contributed by atoms with E-state index in [0.717, 1.165) is 41.3 Å². The second-order valence-corrected chi connectivity index (χ2v) is 13.8. The van der Waals surface area contributed by atoms with Gasteiger partial charge >= 0.3 is 0 Å². The summed E-state index contributed by atoms with van der Waals surface area (Å²) in [6.07, 6.45) is 7.19. The molecule has 0 bridgehead atoms. The van der Waals surface area contributed by atoms with Crippen molar-refractivity contribution in [2.45, 2.75) is 80.8 Å². The highest BCUT2D eigenvalue weighted by atomic mass is 32.2. The summed E-state index contributed by atoms with van der Waals surface area (Å²) in [5.74, 6) is -0.678. The van der Waals surface area contributed by atoms with Crippen LogP contribution in [-0.4, -0.2) is 56.6 Å². The number of halogens is 1. The number of hydrogen-bond acceptors (Lipinski definition) is 6. The maximum absolute atomic E-state index is 14.3. The third-order valence-corrected chi connectivity index (χ3v) is 10.5. The SMILES string of the molecule is CCOc1ccc(N(CC(=O)N(Cc2ccc(F)cc2)C(CC)C(=O)NC2CCCCC2)S(=O)(=O)c2ccc(SC)cc2)cc1. The normalized spacial score (nSPS) is 14.4. The molecule has 4 rings (SSSR count). The van der Waals surface area contributed by atoms with Crippen molar-refractivity contribution in [1.82, 2.24) is 10.2 Å². The number of anilines is 1. The van der Waals surface area contributed by atoms with E-state index in [9.17, 15) is 22.4 Å². The topological polar surface area (TPSA) is 96.0 Å². The largest absolute Gasteiger partial charge is 0.494 e. The highest BCUT2D eigenvalue weighted by Gasteiger charge is 2.34. The summed E-state index contributed by atoms with van der Waals surface area (Å²) < 4.78 is 48.6. The molecule has 1 N–H and O–H groups in total. The van der Waals surface area contributed by atoms with Crippen molar-refractivity contribution < 1.29 is 27.1 Å². The average Bonchev–Trinajstić information content (AvgIpc) is 3.05. The van der Waals surface area contributed by atoms with E-state index in [1.165, 1.54) is 40.9 Å². The molecule has 242 valence electrons. The lowest BCUT2D eigenvalue weighted by molar-refractivity contribution is -0.140. The minimum Gasteiger partial charge on any atom is -0.494 e. The molecular formula is C34H42FN3O5S2. The van der Waals surface area contributed by atoms with Gasteiger partial charge in [-0.05, 0) is 98.7 Å². The minimum absolute atomic E-state index is 0.00922. The van der Waals surface area contributed by atoms with Gasteiger partial charge in [0.2, 0.25) is 11.8 Å². The van der Waals surface area contributed by atoms with Gasteiger partial charge in [0.15, 0.2) is 0 Å². The number of carbonyl (C=O) groups is 2. The number of carbonyl (C=O) groups excluding carboxylic acids is 2. The van der Waals surface area contributed by atoms with Crippen LogP contribution in [0.3, 0.4) is 0 Å². The summed E-state index contributed by atoms with van der Waals surface area (Å²) in [7, 11) is -4.20. The first kappa shape index (κ1) is 34.3. The molecule has 0 aromatic heterocycles. The molecule has 0 aliphatic heterocycles. The van der Waals surface area contributed by atoms with E-state index in [1.54, 1.807) is 48.5 Å². The summed E-state index contributed by atoms with van der Waals surface area (Å²) in [6.45, 7) is 3.59. The summed E-state index contributed by atoms with van der Waals surface area (Å²) >= 11 is 1.49. The minimum atomic E-state index is -4.20. The molecule has 0 saturated heterocycles. The lowest BCUT2D eigenvalue weighted by Gasteiger charge is -2.34. The number of sulfonamides is 1. The summed E-state index contributed by atoms with van der Waals surface area (Å²) in [5, 5.41) is 3.13. The molecule has 11 heteroatoms. The van der Waals surface area contributed by atoms with Gasteiger partial charge in [-0.3, -0.25) is 13.9 Å². The number of rotatable bonds is 14. The van der Waals surface area contributed by atoms with E-state index in [-0.39, 0.29) is 29.1 Å². The molecular weight excluding hydrogens is 614 g/mol. The number of hydrogen-bond donors (Lipinski definition) is 1. The molecule has 8 nitrogen and oxygen atoms in total. The Hall–Kier alpha value is -3.57. The van der Waals surface area contributed by atoms with Crippen molar-refractivity contribution in [3.63, 3.8) is 0 Å². The van der Waals surface area contributed by atoms with Crippen LogP contribution in [0.5, 0.6) is 5.75 Å². The van der Waals surface area contributed by atoms with Crippen LogP contribution >= 0.6 is 11.8 Å². The Labute approximate surface area is 270 Å². The molecule has 1 aliphatic carbocycles. The third kappa shape index (κ3) is 9.00. The maximum atomic E-state index is 14.3. The van der Waals surface area contributed by atoms with Crippen molar-refractivity contribution in [1.29, 1.82) is 0 Å². The van der Waals surface area contributed by atoms with Crippen molar-refractivity contribution in [3.05, 3.63) is 84.2 Å². The Kier molecular flexibility index (Phi) is 12.3. The second-order valence-electron chi connectivity index (χ2n) is 11.0. The lowest BCUT2D eigenvalue weighted by atomic mass is 9.95. The van der Waals surface area contributed by atoms with Gasteiger partial charge in [-0.1, -0.05) is 38.3 Å². The van der Waals surface area contributed by atoms with Crippen molar-refractivity contribution >= 4 is 39.3 Å². The molecule has 3 aromatic rings. The standard InChI is InChI=1S/C34H42FN3O5S2/c1-4-32(34(40)36-27-9-7-6-8-10-27)37(23-25-11-13-26(35)14-12-25)33(39)24-38(28-15-17-29(18-16-28)43-5-2)45(41,42)31-21-19-30(44-3)20-22-31/h11-22,27,32H,4-10,23-24H2,1-3H3,(H,36,40). The maximum Gasteiger partial charge on any atom is 0.264 e. The molecule has 0 heterocycles. The Morgan fingerprint density at radius 1 is 0.956 bits per heavy atom. The quantitative estimate of drug-likeness (QED) is 0.202. The van der Waals surface area contributed by atoms with E-state index in [2.05, 4.69) is 5.32 Å². The molecule has 0 spiro atoms. The molecule has 0 radical (unpaired) electrons. The molecule has 1 atom stereocenters. The predicted molar refractivity (Wildman–Crippen MR) is 176 cm³/mol. The number of ether oxygens (including phenoxy) is 1. The molecule has 2 amide bonds. The molecule has 1 aliphatic rings. The van der Waals surface area contributed by atoms with E-state index < -0.39 is 34.3 Å². The zero-order chi connectivity index (χ0) is 32.4. The average molecular weight is 656 g/mol. The van der Waals surface area contributed by atoms with E-state index in [4.69, 9.17) is 4.74 Å². The fourth-order valence-electron chi connectivity index (χ4n) is 5.53. The third-order valence-electron chi connectivity index (χ3n) is 7.97. The number of nitrogens with one attached hydrogen (secondary N) is 1. The van der Waals surface area contributed by atoms with Gasteiger partial charge in [0.25, 0.3) is 10.0 Å². The van der Waals surface area contributed by atoms with Crippen LogP contribution in [0.15, 0.2) is 82.6 Å². The number of benzene rings is 3. The smallest absolute Gasteiger partial charge is 0.264 e. The van der Waals surface area contributed by atoms with Crippen LogP contribution in [0.25, 0.3) is 0 Å². The van der Waals surface area contributed by atoms with Gasteiger partial charge in [-0.25, -0.2) is 12.8 Å². The molecule has 1 fully saturated rings. The molecule has 1 saturated carbocycles. The highest BCUT2D eigenvalue weighted by Crippen LogP contribution is 2.28. The zero-order valence-electron chi connectivity index (χ0n) is 26.1. The van der Waals surface area contributed by atoms with Crippen molar-refractivity contribution in [3.8, 4) is 5.75 Å². The van der Waals surface area contributed by atoms with E-state index in [0.29, 0.717) is 24.3 Å². The zero-order valence-corrected chi connectivity index (χ0v) is 27.7. The first-order valence-electron chi connectivity index (χ1n) is 15.4. The lowest BCUT2D eigenvalue weighted by Crippen LogP contribution is -2.54. The van der Waals surface area contributed by atoms with Crippen LogP contribution in [0, 0.1) is 5.82 Å².